The summed E-state index contributed by atoms with van der Waals surface area (Å²) in [6.45, 7) is 1.21. The SMILES string of the molecule is Cl.Clc1ccc(CC[C@]2(Cn3ccnc3)OC[C@@H](CSCc3ccccc3Cl)O2)cc1. The average Bonchev–Trinajstić information content (AvgIpc) is 3.40. The second-order valence-electron chi connectivity index (χ2n) is 7.43. The Morgan fingerprint density at radius 1 is 1.13 bits per heavy atom. The Labute approximate surface area is 203 Å². The number of ether oxygens (including phenoxy) is 2. The first-order valence-corrected chi connectivity index (χ1v) is 11.9. The molecule has 1 aliphatic heterocycles. The molecule has 0 radical (unpaired) electrons. The maximum absolute atomic E-state index is 6.49. The van der Waals surface area contributed by atoms with Gasteiger partial charge in [0.15, 0.2) is 5.79 Å². The maximum atomic E-state index is 6.49. The van der Waals surface area contributed by atoms with Crippen LogP contribution in [0.4, 0.5) is 0 Å². The third kappa shape index (κ3) is 6.88. The molecule has 0 unspecified atom stereocenters. The molecule has 3 aromatic rings. The molecule has 1 saturated heterocycles. The summed E-state index contributed by atoms with van der Waals surface area (Å²) in [6, 6.07) is 15.9. The molecule has 0 aliphatic carbocycles. The summed E-state index contributed by atoms with van der Waals surface area (Å²) in [4.78, 5) is 4.15. The van der Waals surface area contributed by atoms with Crippen LogP contribution in [-0.2, 0) is 28.2 Å². The summed E-state index contributed by atoms with van der Waals surface area (Å²) in [7, 11) is 0. The number of benzene rings is 2. The van der Waals surface area contributed by atoms with E-state index in [0.717, 1.165) is 40.0 Å². The lowest BCUT2D eigenvalue weighted by Crippen LogP contribution is -2.37. The van der Waals surface area contributed by atoms with Gasteiger partial charge in [0.1, 0.15) is 0 Å². The highest BCUT2D eigenvalue weighted by atomic mass is 35.5. The summed E-state index contributed by atoms with van der Waals surface area (Å²) >= 11 is 14.1. The van der Waals surface area contributed by atoms with E-state index in [0.29, 0.717) is 13.2 Å². The van der Waals surface area contributed by atoms with Gasteiger partial charge in [-0.25, -0.2) is 4.98 Å². The molecule has 166 valence electrons. The van der Waals surface area contributed by atoms with Crippen molar-refractivity contribution in [3.05, 3.63) is 88.4 Å². The van der Waals surface area contributed by atoms with E-state index in [2.05, 4.69) is 23.2 Å². The van der Waals surface area contributed by atoms with Crippen molar-refractivity contribution in [3.8, 4) is 0 Å². The van der Waals surface area contributed by atoms with Gasteiger partial charge in [-0.05, 0) is 35.7 Å². The molecule has 1 aromatic heterocycles. The van der Waals surface area contributed by atoms with Gasteiger partial charge in [-0.15, -0.1) is 12.4 Å². The van der Waals surface area contributed by atoms with Crippen LogP contribution in [0.3, 0.4) is 0 Å². The van der Waals surface area contributed by atoms with Crippen molar-refractivity contribution in [1.82, 2.24) is 9.55 Å². The third-order valence-electron chi connectivity index (χ3n) is 5.12. The summed E-state index contributed by atoms with van der Waals surface area (Å²) in [5.74, 6) is 1.06. The monoisotopic (exact) mass is 498 g/mol. The number of hydrogen-bond donors (Lipinski definition) is 0. The van der Waals surface area contributed by atoms with Crippen molar-refractivity contribution in [2.75, 3.05) is 12.4 Å². The van der Waals surface area contributed by atoms with Crippen molar-refractivity contribution in [2.24, 2.45) is 0 Å². The lowest BCUT2D eigenvalue weighted by atomic mass is 10.0. The van der Waals surface area contributed by atoms with Crippen molar-refractivity contribution in [1.29, 1.82) is 0 Å². The van der Waals surface area contributed by atoms with Crippen LogP contribution < -0.4 is 0 Å². The fourth-order valence-electron chi connectivity index (χ4n) is 3.55. The van der Waals surface area contributed by atoms with Crippen LogP contribution in [0.5, 0.6) is 0 Å². The first kappa shape index (κ1) is 24.4. The summed E-state index contributed by atoms with van der Waals surface area (Å²) in [5.41, 5.74) is 2.36. The molecule has 1 aliphatic rings. The zero-order valence-corrected chi connectivity index (χ0v) is 20.1. The Bertz CT molecular complexity index is 940. The molecule has 4 rings (SSSR count). The number of aromatic nitrogens is 2. The van der Waals surface area contributed by atoms with Crippen molar-refractivity contribution >= 4 is 47.4 Å². The Morgan fingerprint density at radius 2 is 1.94 bits per heavy atom. The molecule has 2 heterocycles. The summed E-state index contributed by atoms with van der Waals surface area (Å²) in [6.07, 6.45) is 7.18. The van der Waals surface area contributed by atoms with E-state index >= 15 is 0 Å². The third-order valence-corrected chi connectivity index (χ3v) is 6.87. The highest BCUT2D eigenvalue weighted by Crippen LogP contribution is 2.33. The van der Waals surface area contributed by atoms with Crippen LogP contribution in [-0.4, -0.2) is 33.8 Å². The molecule has 0 spiro atoms. The number of halogens is 3. The molecular formula is C23H25Cl3N2O2S. The molecule has 2 aromatic carbocycles. The second kappa shape index (κ2) is 11.6. The van der Waals surface area contributed by atoms with Crippen LogP contribution in [0, 0.1) is 0 Å². The minimum absolute atomic E-state index is 0. The van der Waals surface area contributed by atoms with E-state index in [1.807, 2.05) is 52.9 Å². The number of rotatable bonds is 9. The van der Waals surface area contributed by atoms with E-state index in [1.165, 1.54) is 5.56 Å². The summed E-state index contributed by atoms with van der Waals surface area (Å²) < 4.78 is 14.8. The molecule has 4 nitrogen and oxygen atoms in total. The van der Waals surface area contributed by atoms with E-state index in [9.17, 15) is 0 Å². The Kier molecular flexibility index (Phi) is 9.14. The number of hydrogen-bond acceptors (Lipinski definition) is 4. The Hall–Kier alpha value is -1.21. The standard InChI is InChI=1S/C23H24Cl2N2O2S.ClH/c24-20-7-5-18(6-8-20)9-10-23(16-27-12-11-26-17-27)28-13-21(29-23)15-30-14-19-3-1-2-4-22(19)25;/h1-8,11-12,17,21H,9-10,13-16H2;1H/t21-,23-;/m0./s1. The predicted molar refractivity (Wildman–Crippen MR) is 130 cm³/mol. The van der Waals surface area contributed by atoms with Crippen molar-refractivity contribution < 1.29 is 9.47 Å². The highest BCUT2D eigenvalue weighted by molar-refractivity contribution is 7.98. The van der Waals surface area contributed by atoms with Crippen LogP contribution >= 0.6 is 47.4 Å². The minimum atomic E-state index is -0.657. The van der Waals surface area contributed by atoms with E-state index < -0.39 is 5.79 Å². The predicted octanol–water partition coefficient (Wildman–Crippen LogP) is 6.29. The van der Waals surface area contributed by atoms with Gasteiger partial charge in [-0.1, -0.05) is 53.5 Å². The topological polar surface area (TPSA) is 36.3 Å². The van der Waals surface area contributed by atoms with Gasteiger partial charge in [0.2, 0.25) is 0 Å². The van der Waals surface area contributed by atoms with Crippen molar-refractivity contribution in [2.45, 2.75) is 37.0 Å². The maximum Gasteiger partial charge on any atom is 0.187 e. The minimum Gasteiger partial charge on any atom is -0.345 e. The van der Waals surface area contributed by atoms with Gasteiger partial charge in [0, 0.05) is 40.4 Å². The molecule has 8 heteroatoms. The Balaban J connectivity index is 0.00000272. The summed E-state index contributed by atoms with van der Waals surface area (Å²) in [5, 5.41) is 1.56. The molecule has 1 fully saturated rings. The zero-order valence-electron chi connectivity index (χ0n) is 17.0. The lowest BCUT2D eigenvalue weighted by Gasteiger charge is -2.28. The second-order valence-corrected chi connectivity index (χ2v) is 9.30. The molecule has 31 heavy (non-hydrogen) atoms. The number of thioether (sulfide) groups is 1. The van der Waals surface area contributed by atoms with Gasteiger partial charge < -0.3 is 14.0 Å². The van der Waals surface area contributed by atoms with Crippen LogP contribution in [0.1, 0.15) is 17.5 Å². The molecule has 2 atom stereocenters. The first-order chi connectivity index (χ1) is 14.6. The number of aryl methyl sites for hydroxylation is 1. The van der Waals surface area contributed by atoms with E-state index in [4.69, 9.17) is 32.7 Å². The molecule has 0 bridgehead atoms. The largest absolute Gasteiger partial charge is 0.345 e. The normalized spacial score (nSPS) is 20.5. The van der Waals surface area contributed by atoms with Gasteiger partial charge in [0.25, 0.3) is 0 Å². The first-order valence-electron chi connectivity index (χ1n) is 9.95. The van der Waals surface area contributed by atoms with Gasteiger partial charge >= 0.3 is 0 Å². The number of imidazole rings is 1. The fourth-order valence-corrected chi connectivity index (χ4v) is 4.98. The molecule has 0 N–H and O–H groups in total. The molecular weight excluding hydrogens is 475 g/mol. The van der Waals surface area contributed by atoms with Crippen LogP contribution in [0.25, 0.3) is 0 Å². The van der Waals surface area contributed by atoms with Crippen LogP contribution in [0.2, 0.25) is 10.0 Å². The number of nitrogens with zero attached hydrogens (tertiary/aromatic N) is 2. The average molecular weight is 500 g/mol. The molecule has 0 saturated carbocycles. The van der Waals surface area contributed by atoms with Gasteiger partial charge in [-0.2, -0.15) is 11.8 Å². The highest BCUT2D eigenvalue weighted by Gasteiger charge is 2.41. The Morgan fingerprint density at radius 3 is 2.68 bits per heavy atom. The lowest BCUT2D eigenvalue weighted by molar-refractivity contribution is -0.180. The zero-order chi connectivity index (χ0) is 20.8. The smallest absolute Gasteiger partial charge is 0.187 e. The fraction of sp³-hybridized carbons (Fsp3) is 0.348. The van der Waals surface area contributed by atoms with Gasteiger partial charge in [-0.3, -0.25) is 0 Å². The molecule has 0 amide bonds. The van der Waals surface area contributed by atoms with Crippen LogP contribution in [0.15, 0.2) is 67.3 Å². The van der Waals surface area contributed by atoms with Gasteiger partial charge in [0.05, 0.1) is 25.6 Å². The quantitative estimate of drug-likeness (QED) is 0.347. The van der Waals surface area contributed by atoms with E-state index in [-0.39, 0.29) is 18.5 Å². The van der Waals surface area contributed by atoms with Crippen molar-refractivity contribution in [3.63, 3.8) is 0 Å². The van der Waals surface area contributed by atoms with E-state index in [1.54, 1.807) is 12.5 Å².